The van der Waals surface area contributed by atoms with Gasteiger partial charge in [-0.05, 0) is 12.8 Å². The molecule has 8 heteroatoms. The number of carbonyl (C=O) groups is 1. The van der Waals surface area contributed by atoms with Crippen LogP contribution in [0.4, 0.5) is 13.2 Å². The number of halogens is 3. The first-order valence-electron chi connectivity index (χ1n) is 11.0. The number of hydrogen-bond donors (Lipinski definition) is 2. The molecular formula is C21H42F3NO4. The van der Waals surface area contributed by atoms with E-state index >= 15 is 0 Å². The van der Waals surface area contributed by atoms with Crippen LogP contribution in [0.1, 0.15) is 90.9 Å². The second kappa shape index (κ2) is 21.8. The van der Waals surface area contributed by atoms with Crippen LogP contribution in [0.5, 0.6) is 0 Å². The van der Waals surface area contributed by atoms with Gasteiger partial charge in [-0.2, -0.15) is 13.2 Å². The predicted octanol–water partition coefficient (Wildman–Crippen LogP) is 5.70. The summed E-state index contributed by atoms with van der Waals surface area (Å²) in [6, 6.07) is 0. The average molecular weight is 430 g/mol. The Morgan fingerprint density at radius 2 is 1.28 bits per heavy atom. The van der Waals surface area contributed by atoms with Crippen LogP contribution in [0.25, 0.3) is 0 Å². The second-order valence-corrected chi connectivity index (χ2v) is 7.14. The third-order valence-electron chi connectivity index (χ3n) is 4.30. The van der Waals surface area contributed by atoms with Crippen LogP contribution in [0.15, 0.2) is 0 Å². The molecule has 0 spiro atoms. The van der Waals surface area contributed by atoms with E-state index in [1.165, 1.54) is 70.6 Å². The average Bonchev–Trinajstić information content (AvgIpc) is 2.67. The molecule has 0 rings (SSSR count). The summed E-state index contributed by atoms with van der Waals surface area (Å²) >= 11 is 0. The maximum Gasteiger partial charge on any atom is 0.490 e. The van der Waals surface area contributed by atoms with Gasteiger partial charge in [-0.15, -0.1) is 0 Å². The quantitative estimate of drug-likeness (QED) is 0.273. The lowest BCUT2D eigenvalue weighted by Crippen LogP contribution is -2.29. The minimum Gasteiger partial charge on any atom is -0.475 e. The summed E-state index contributed by atoms with van der Waals surface area (Å²) in [5.41, 5.74) is 5.74. The minimum absolute atomic E-state index is 0.0794. The van der Waals surface area contributed by atoms with Crippen molar-refractivity contribution >= 4 is 5.97 Å². The minimum atomic E-state index is -5.08. The van der Waals surface area contributed by atoms with Gasteiger partial charge in [0.1, 0.15) is 0 Å². The number of nitrogens with two attached hydrogens (primary N) is 1. The summed E-state index contributed by atoms with van der Waals surface area (Å²) in [6.45, 7) is 7.40. The van der Waals surface area contributed by atoms with Crippen molar-refractivity contribution in [2.24, 2.45) is 5.73 Å². The van der Waals surface area contributed by atoms with Gasteiger partial charge in [-0.3, -0.25) is 0 Å². The molecule has 0 fully saturated rings. The zero-order chi connectivity index (χ0) is 22.4. The summed E-state index contributed by atoms with van der Waals surface area (Å²) in [6.07, 6.45) is 10.6. The molecule has 3 N–H and O–H groups in total. The van der Waals surface area contributed by atoms with E-state index in [0.717, 1.165) is 19.6 Å². The summed E-state index contributed by atoms with van der Waals surface area (Å²) in [4.78, 5) is 8.90. The summed E-state index contributed by atoms with van der Waals surface area (Å²) in [5, 5.41) is 7.12. The highest BCUT2D eigenvalue weighted by atomic mass is 19.4. The molecule has 176 valence electrons. The summed E-state index contributed by atoms with van der Waals surface area (Å²) in [7, 11) is 0. The molecule has 5 nitrogen and oxygen atoms in total. The zero-order valence-corrected chi connectivity index (χ0v) is 18.3. The number of carboxylic acids is 1. The van der Waals surface area contributed by atoms with Gasteiger partial charge in [0.05, 0.1) is 12.7 Å². The Labute approximate surface area is 174 Å². The van der Waals surface area contributed by atoms with Gasteiger partial charge in [0.2, 0.25) is 0 Å². The molecule has 1 unspecified atom stereocenters. The van der Waals surface area contributed by atoms with Crippen LogP contribution in [-0.2, 0) is 14.3 Å². The molecule has 1 atom stereocenters. The van der Waals surface area contributed by atoms with Gasteiger partial charge in [0.25, 0.3) is 0 Å². The highest BCUT2D eigenvalue weighted by Gasteiger charge is 2.38. The number of rotatable bonds is 18. The van der Waals surface area contributed by atoms with Gasteiger partial charge < -0.3 is 20.3 Å². The Hall–Kier alpha value is -0.860. The molecule has 0 aliphatic heterocycles. The fourth-order valence-corrected chi connectivity index (χ4v) is 2.52. The molecule has 0 amide bonds. The Morgan fingerprint density at radius 3 is 1.69 bits per heavy atom. The molecule has 0 bridgehead atoms. The second-order valence-electron chi connectivity index (χ2n) is 7.14. The van der Waals surface area contributed by atoms with Gasteiger partial charge >= 0.3 is 12.1 Å². The van der Waals surface area contributed by atoms with E-state index in [1.54, 1.807) is 0 Å². The van der Waals surface area contributed by atoms with Crippen molar-refractivity contribution in [3.8, 4) is 0 Å². The van der Waals surface area contributed by atoms with Crippen molar-refractivity contribution in [2.45, 2.75) is 103 Å². The fraction of sp³-hybridized carbons (Fsp3) is 0.952. The molecular weight excluding hydrogens is 387 g/mol. The normalized spacial score (nSPS) is 12.3. The van der Waals surface area contributed by atoms with Crippen molar-refractivity contribution in [3.63, 3.8) is 0 Å². The Balaban J connectivity index is 0. The van der Waals surface area contributed by atoms with Crippen LogP contribution in [0.2, 0.25) is 0 Å². The van der Waals surface area contributed by atoms with Crippen LogP contribution >= 0.6 is 0 Å². The lowest BCUT2D eigenvalue weighted by molar-refractivity contribution is -0.192. The Bertz CT molecular complexity index is 355. The van der Waals surface area contributed by atoms with Crippen molar-refractivity contribution in [1.82, 2.24) is 0 Å². The summed E-state index contributed by atoms with van der Waals surface area (Å²) < 4.78 is 43.2. The highest BCUT2D eigenvalue weighted by molar-refractivity contribution is 5.73. The number of hydrogen-bond acceptors (Lipinski definition) is 4. The lowest BCUT2D eigenvalue weighted by Gasteiger charge is -2.16. The first-order valence-corrected chi connectivity index (χ1v) is 11.0. The topological polar surface area (TPSA) is 81.8 Å². The third kappa shape index (κ3) is 25.1. The molecule has 0 aromatic carbocycles. The van der Waals surface area contributed by atoms with Crippen LogP contribution in [-0.4, -0.2) is 49.7 Å². The maximum absolute atomic E-state index is 10.6. The van der Waals surface area contributed by atoms with E-state index in [4.69, 9.17) is 25.1 Å². The van der Waals surface area contributed by atoms with E-state index in [0.29, 0.717) is 13.2 Å². The number of carboxylic acid groups (broad SMARTS) is 1. The van der Waals surface area contributed by atoms with Crippen molar-refractivity contribution < 1.29 is 32.5 Å². The molecule has 0 aromatic rings. The molecule has 0 heterocycles. The molecule has 0 radical (unpaired) electrons. The Kier molecular flexibility index (Phi) is 22.8. The third-order valence-corrected chi connectivity index (χ3v) is 4.30. The number of alkyl halides is 3. The predicted molar refractivity (Wildman–Crippen MR) is 110 cm³/mol. The number of unbranched alkanes of at least 4 members (excludes halogenated alkanes) is 10. The maximum atomic E-state index is 10.6. The molecule has 0 aliphatic rings. The van der Waals surface area contributed by atoms with Crippen molar-refractivity contribution in [1.29, 1.82) is 0 Å². The van der Waals surface area contributed by atoms with Gasteiger partial charge in [0, 0.05) is 19.8 Å². The fourth-order valence-electron chi connectivity index (χ4n) is 2.52. The van der Waals surface area contributed by atoms with E-state index in [-0.39, 0.29) is 6.10 Å². The van der Waals surface area contributed by atoms with Crippen LogP contribution < -0.4 is 5.73 Å². The van der Waals surface area contributed by atoms with E-state index in [1.807, 2.05) is 0 Å². The van der Waals surface area contributed by atoms with Crippen molar-refractivity contribution in [2.75, 3.05) is 26.4 Å². The van der Waals surface area contributed by atoms with Gasteiger partial charge in [-0.25, -0.2) is 4.79 Å². The molecule has 0 aliphatic carbocycles. The molecule has 0 aromatic heterocycles. The zero-order valence-electron chi connectivity index (χ0n) is 18.3. The lowest BCUT2D eigenvalue weighted by atomic mass is 10.1. The molecule has 0 saturated carbocycles. The summed E-state index contributed by atoms with van der Waals surface area (Å²) in [5.74, 6) is -2.76. The molecule has 0 saturated heterocycles. The first-order chi connectivity index (χ1) is 13.8. The first kappa shape index (κ1) is 30.3. The van der Waals surface area contributed by atoms with Gasteiger partial charge in [-0.1, -0.05) is 78.1 Å². The number of aliphatic carboxylic acids is 1. The Morgan fingerprint density at radius 1 is 0.862 bits per heavy atom. The van der Waals surface area contributed by atoms with E-state index in [9.17, 15) is 13.2 Å². The van der Waals surface area contributed by atoms with E-state index < -0.39 is 12.1 Å². The number of ether oxygens (including phenoxy) is 2. The largest absolute Gasteiger partial charge is 0.490 e. The SMILES string of the molecule is CCCCCCCCOCC(CN)OCCCCCCCC.O=C(O)C(F)(F)F. The van der Waals surface area contributed by atoms with Gasteiger partial charge in [0.15, 0.2) is 0 Å². The highest BCUT2D eigenvalue weighted by Crippen LogP contribution is 2.13. The van der Waals surface area contributed by atoms with E-state index in [2.05, 4.69) is 13.8 Å². The van der Waals surface area contributed by atoms with Crippen LogP contribution in [0.3, 0.4) is 0 Å². The molecule has 29 heavy (non-hydrogen) atoms. The van der Waals surface area contributed by atoms with Crippen LogP contribution in [0, 0.1) is 0 Å². The monoisotopic (exact) mass is 429 g/mol. The standard InChI is InChI=1S/C19H41NO2.C2HF3O2/c1-3-5-7-9-11-13-15-21-18-19(17-20)22-16-14-12-10-8-6-4-2;3-2(4,5)1(6)7/h19H,3-18,20H2,1-2H3;(H,6,7). The smallest absolute Gasteiger partial charge is 0.475 e. The van der Waals surface area contributed by atoms with Crippen molar-refractivity contribution in [3.05, 3.63) is 0 Å².